The zero-order chi connectivity index (χ0) is 21.5. The largest absolute Gasteiger partial charge is 0.471 e. The molecule has 0 N–H and O–H groups in total. The van der Waals surface area contributed by atoms with Crippen molar-refractivity contribution in [3.05, 3.63) is 66.4 Å². The van der Waals surface area contributed by atoms with Gasteiger partial charge in [0.25, 0.3) is 0 Å². The fourth-order valence-electron chi connectivity index (χ4n) is 2.61. The number of carbonyl (C=O) groups is 1. The minimum atomic E-state index is -4.75. The first-order valence-corrected chi connectivity index (χ1v) is 10.3. The standard InChI is InChI=1S/C18H12F3N5O3S/c1-30(28,12-5-3-2-4-6-12)25-16(27)13-10-26-8-7-11(9-14(26)22-13)15-23-17(29-24-15)18(19,20)21/h2-10H,1H3. The molecule has 1 atom stereocenters. The van der Waals surface area contributed by atoms with Gasteiger partial charge in [-0.15, -0.1) is 0 Å². The Kier molecular flexibility index (Phi) is 4.65. The molecule has 0 aliphatic heterocycles. The minimum absolute atomic E-state index is 0.0678. The maximum absolute atomic E-state index is 12.8. The van der Waals surface area contributed by atoms with Gasteiger partial charge in [0.15, 0.2) is 0 Å². The van der Waals surface area contributed by atoms with Crippen LogP contribution in [0.3, 0.4) is 0 Å². The lowest BCUT2D eigenvalue weighted by Gasteiger charge is -2.02. The van der Waals surface area contributed by atoms with E-state index in [-0.39, 0.29) is 22.7 Å². The number of rotatable bonds is 3. The summed E-state index contributed by atoms with van der Waals surface area (Å²) in [6.07, 6.45) is -0.556. The van der Waals surface area contributed by atoms with Gasteiger partial charge in [0.2, 0.25) is 5.82 Å². The van der Waals surface area contributed by atoms with Gasteiger partial charge in [-0.1, -0.05) is 23.4 Å². The number of carbonyl (C=O) groups excluding carboxylic acids is 1. The van der Waals surface area contributed by atoms with Gasteiger partial charge >= 0.3 is 18.0 Å². The Hall–Kier alpha value is -3.54. The van der Waals surface area contributed by atoms with E-state index in [1.54, 1.807) is 30.3 Å². The molecule has 1 aromatic carbocycles. The lowest BCUT2D eigenvalue weighted by molar-refractivity contribution is -0.159. The molecule has 1 amide bonds. The molecule has 0 aliphatic carbocycles. The second kappa shape index (κ2) is 7.06. The number of imidazole rings is 1. The van der Waals surface area contributed by atoms with Gasteiger partial charge in [-0.25, -0.2) is 9.19 Å². The van der Waals surface area contributed by atoms with Crippen LogP contribution in [-0.2, 0) is 15.9 Å². The average Bonchev–Trinajstić information content (AvgIpc) is 3.35. The Labute approximate surface area is 167 Å². The average molecular weight is 435 g/mol. The zero-order valence-electron chi connectivity index (χ0n) is 15.2. The Morgan fingerprint density at radius 3 is 2.57 bits per heavy atom. The van der Waals surface area contributed by atoms with Gasteiger partial charge in [0.05, 0.1) is 9.73 Å². The summed E-state index contributed by atoms with van der Waals surface area (Å²) in [6, 6.07) is 11.2. The van der Waals surface area contributed by atoms with Crippen LogP contribution in [0.4, 0.5) is 13.2 Å². The van der Waals surface area contributed by atoms with E-state index in [0.717, 1.165) is 0 Å². The van der Waals surface area contributed by atoms with E-state index in [2.05, 4.69) is 24.0 Å². The lowest BCUT2D eigenvalue weighted by Crippen LogP contribution is -2.04. The number of pyridine rings is 1. The second-order valence-corrected chi connectivity index (χ2v) is 8.50. The summed E-state index contributed by atoms with van der Waals surface area (Å²) in [7, 11) is -2.97. The van der Waals surface area contributed by atoms with Gasteiger partial charge < -0.3 is 8.92 Å². The summed E-state index contributed by atoms with van der Waals surface area (Å²) in [4.78, 5) is 20.3. The molecule has 0 saturated heterocycles. The van der Waals surface area contributed by atoms with Crippen LogP contribution in [0.15, 0.2) is 68.6 Å². The third kappa shape index (κ3) is 3.81. The Morgan fingerprint density at radius 1 is 1.17 bits per heavy atom. The topological polar surface area (TPSA) is 103 Å². The van der Waals surface area contributed by atoms with Gasteiger partial charge in [0, 0.05) is 29.1 Å². The highest BCUT2D eigenvalue weighted by Gasteiger charge is 2.38. The van der Waals surface area contributed by atoms with Crippen LogP contribution in [0.2, 0.25) is 0 Å². The van der Waals surface area contributed by atoms with Crippen molar-refractivity contribution in [2.75, 3.05) is 6.26 Å². The number of amides is 1. The number of hydrogen-bond acceptors (Lipinski definition) is 6. The smallest absolute Gasteiger partial charge is 0.329 e. The van der Waals surface area contributed by atoms with E-state index in [1.807, 2.05) is 0 Å². The Bertz CT molecular complexity index is 1370. The maximum Gasteiger partial charge on any atom is 0.471 e. The van der Waals surface area contributed by atoms with E-state index in [9.17, 15) is 22.2 Å². The molecule has 8 nitrogen and oxygen atoms in total. The van der Waals surface area contributed by atoms with Crippen LogP contribution in [0.5, 0.6) is 0 Å². The molecule has 0 saturated carbocycles. The number of fused-ring (bicyclic) bond motifs is 1. The summed E-state index contributed by atoms with van der Waals surface area (Å²) < 4.78 is 60.2. The predicted molar refractivity (Wildman–Crippen MR) is 99.0 cm³/mol. The van der Waals surface area contributed by atoms with Crippen LogP contribution in [0.1, 0.15) is 16.4 Å². The molecule has 12 heteroatoms. The number of hydrogen-bond donors (Lipinski definition) is 0. The van der Waals surface area contributed by atoms with Gasteiger partial charge in [-0.05, 0) is 24.3 Å². The van der Waals surface area contributed by atoms with Crippen molar-refractivity contribution in [3.8, 4) is 11.4 Å². The van der Waals surface area contributed by atoms with Crippen molar-refractivity contribution in [3.63, 3.8) is 0 Å². The van der Waals surface area contributed by atoms with Crippen LogP contribution in [0, 0.1) is 0 Å². The lowest BCUT2D eigenvalue weighted by atomic mass is 10.2. The van der Waals surface area contributed by atoms with Gasteiger partial charge in [-0.2, -0.15) is 22.5 Å². The number of nitrogens with zero attached hydrogens (tertiary/aromatic N) is 5. The summed E-state index contributed by atoms with van der Waals surface area (Å²) in [5.74, 6) is -2.52. The second-order valence-electron chi connectivity index (χ2n) is 6.24. The van der Waals surface area contributed by atoms with Gasteiger partial charge in [0.1, 0.15) is 11.3 Å². The fraction of sp³-hybridized carbons (Fsp3) is 0.111. The van der Waals surface area contributed by atoms with Crippen molar-refractivity contribution in [2.45, 2.75) is 11.1 Å². The molecule has 0 aliphatic rings. The van der Waals surface area contributed by atoms with Gasteiger partial charge in [-0.3, -0.25) is 4.79 Å². The van der Waals surface area contributed by atoms with Crippen molar-refractivity contribution < 1.29 is 26.7 Å². The van der Waals surface area contributed by atoms with Crippen molar-refractivity contribution >= 4 is 21.3 Å². The molecule has 0 fully saturated rings. The monoisotopic (exact) mass is 435 g/mol. The molecule has 3 heterocycles. The Balaban J connectivity index is 1.67. The van der Waals surface area contributed by atoms with E-state index < -0.39 is 27.7 Å². The molecule has 154 valence electrons. The molecule has 0 spiro atoms. The summed E-state index contributed by atoms with van der Waals surface area (Å²) >= 11 is 0. The summed E-state index contributed by atoms with van der Waals surface area (Å²) in [5, 5.41) is 3.32. The molecular weight excluding hydrogens is 423 g/mol. The van der Waals surface area contributed by atoms with E-state index in [4.69, 9.17) is 0 Å². The first-order chi connectivity index (χ1) is 14.1. The summed E-state index contributed by atoms with van der Waals surface area (Å²) in [5.41, 5.74) is 0.389. The number of benzene rings is 1. The highest BCUT2D eigenvalue weighted by Crippen LogP contribution is 2.29. The number of alkyl halides is 3. The third-order valence-electron chi connectivity index (χ3n) is 4.04. The predicted octanol–water partition coefficient (Wildman–Crippen LogP) is 3.70. The zero-order valence-corrected chi connectivity index (χ0v) is 16.0. The van der Waals surface area contributed by atoms with E-state index in [0.29, 0.717) is 4.90 Å². The number of halogens is 3. The fourth-order valence-corrected chi connectivity index (χ4v) is 3.79. The molecule has 4 rings (SSSR count). The molecular formula is C18H12F3N5O3S. The molecule has 0 bridgehead atoms. The Morgan fingerprint density at radius 2 is 1.90 bits per heavy atom. The first kappa shape index (κ1) is 19.8. The SMILES string of the molecule is CS(=O)(=NC(=O)c1cn2ccc(-c3noc(C(F)(F)F)n3)cc2n1)c1ccccc1. The highest BCUT2D eigenvalue weighted by atomic mass is 32.2. The van der Waals surface area contributed by atoms with Crippen LogP contribution >= 0.6 is 0 Å². The molecule has 30 heavy (non-hydrogen) atoms. The highest BCUT2D eigenvalue weighted by molar-refractivity contribution is 7.93. The molecule has 4 aromatic rings. The van der Waals surface area contributed by atoms with E-state index >= 15 is 0 Å². The third-order valence-corrected chi connectivity index (χ3v) is 5.70. The minimum Gasteiger partial charge on any atom is -0.329 e. The molecule has 0 radical (unpaired) electrons. The maximum atomic E-state index is 12.8. The first-order valence-electron chi connectivity index (χ1n) is 8.35. The van der Waals surface area contributed by atoms with Crippen LogP contribution in [0.25, 0.3) is 17.0 Å². The molecule has 1 unspecified atom stereocenters. The quantitative estimate of drug-likeness (QED) is 0.486. The van der Waals surface area contributed by atoms with Crippen LogP contribution < -0.4 is 0 Å². The normalized spacial score (nSPS) is 13.9. The van der Waals surface area contributed by atoms with E-state index in [1.165, 1.54) is 35.2 Å². The van der Waals surface area contributed by atoms with Crippen molar-refractivity contribution in [1.82, 2.24) is 19.5 Å². The number of aromatic nitrogens is 4. The summed E-state index contributed by atoms with van der Waals surface area (Å²) in [6.45, 7) is 0. The van der Waals surface area contributed by atoms with Crippen molar-refractivity contribution in [1.29, 1.82) is 0 Å². The van der Waals surface area contributed by atoms with Crippen molar-refractivity contribution in [2.24, 2.45) is 4.36 Å². The van der Waals surface area contributed by atoms with Crippen LogP contribution in [-0.4, -0.2) is 35.9 Å². The molecule has 3 aromatic heterocycles.